The lowest BCUT2D eigenvalue weighted by Gasteiger charge is -2.12. The molecular formula is C13H15NO2. The summed E-state index contributed by atoms with van der Waals surface area (Å²) in [5, 5.41) is 8.51. The fourth-order valence-electron chi connectivity index (χ4n) is 1.33. The molecular weight excluding hydrogens is 202 g/mol. The predicted octanol–water partition coefficient (Wildman–Crippen LogP) is 2.50. The van der Waals surface area contributed by atoms with Gasteiger partial charge in [0, 0.05) is 6.42 Å². The molecule has 0 bridgehead atoms. The van der Waals surface area contributed by atoms with Crippen LogP contribution in [0.4, 0.5) is 0 Å². The van der Waals surface area contributed by atoms with E-state index in [1.807, 2.05) is 19.1 Å². The minimum absolute atomic E-state index is 0.0844. The van der Waals surface area contributed by atoms with Crippen molar-refractivity contribution in [3.63, 3.8) is 0 Å². The first kappa shape index (κ1) is 12.3. The summed E-state index contributed by atoms with van der Waals surface area (Å²) in [6.45, 7) is 3.56. The Morgan fingerprint density at radius 3 is 2.56 bits per heavy atom. The highest BCUT2D eigenvalue weighted by Crippen LogP contribution is 2.14. The first-order valence-electron chi connectivity index (χ1n) is 5.32. The highest BCUT2D eigenvalue weighted by Gasteiger charge is 2.11. The van der Waals surface area contributed by atoms with Crippen LogP contribution >= 0.6 is 0 Å². The Labute approximate surface area is 95.7 Å². The topological polar surface area (TPSA) is 50.1 Å². The molecule has 0 aliphatic rings. The zero-order valence-electron chi connectivity index (χ0n) is 9.56. The molecule has 0 N–H and O–H groups in total. The molecule has 1 aromatic rings. The number of ether oxygens (including phenoxy) is 1. The van der Waals surface area contributed by atoms with Crippen molar-refractivity contribution in [2.24, 2.45) is 0 Å². The van der Waals surface area contributed by atoms with Crippen LogP contribution in [0.3, 0.4) is 0 Å². The number of carbonyl (C=O) groups excluding carboxylic acids is 1. The molecule has 16 heavy (non-hydrogen) atoms. The number of Topliss-reactive ketones (excluding diaryl/α,β-unsaturated/α-hetero) is 1. The lowest BCUT2D eigenvalue weighted by atomic mass is 10.1. The second-order valence-corrected chi connectivity index (χ2v) is 3.56. The van der Waals surface area contributed by atoms with E-state index in [-0.39, 0.29) is 5.78 Å². The number of nitrogens with zero attached hydrogens (tertiary/aromatic N) is 1. The smallest absolute Gasteiger partial charge is 0.172 e. The number of hydrogen-bond acceptors (Lipinski definition) is 3. The summed E-state index contributed by atoms with van der Waals surface area (Å²) in [7, 11) is 0. The normalized spacial score (nSPS) is 11.6. The van der Waals surface area contributed by atoms with E-state index in [4.69, 9.17) is 10.00 Å². The Bertz CT molecular complexity index is 389. The SMILES string of the molecule is CCC(=O)C(C)Oc1ccc(CC#N)cc1. The van der Waals surface area contributed by atoms with Gasteiger partial charge in [-0.3, -0.25) is 4.79 Å². The first-order valence-corrected chi connectivity index (χ1v) is 5.32. The molecule has 1 aromatic carbocycles. The predicted molar refractivity (Wildman–Crippen MR) is 61.1 cm³/mol. The van der Waals surface area contributed by atoms with Crippen molar-refractivity contribution in [1.29, 1.82) is 5.26 Å². The van der Waals surface area contributed by atoms with E-state index < -0.39 is 6.10 Å². The summed E-state index contributed by atoms with van der Waals surface area (Å²) in [6, 6.07) is 9.31. The maximum Gasteiger partial charge on any atom is 0.172 e. The maximum absolute atomic E-state index is 11.3. The molecule has 3 nitrogen and oxygen atoms in total. The van der Waals surface area contributed by atoms with E-state index in [0.29, 0.717) is 18.6 Å². The zero-order chi connectivity index (χ0) is 12.0. The lowest BCUT2D eigenvalue weighted by Crippen LogP contribution is -2.22. The third-order valence-corrected chi connectivity index (χ3v) is 2.32. The molecule has 3 heteroatoms. The van der Waals surface area contributed by atoms with Crippen molar-refractivity contribution in [3.8, 4) is 11.8 Å². The van der Waals surface area contributed by atoms with E-state index in [1.54, 1.807) is 19.1 Å². The molecule has 0 aliphatic heterocycles. The van der Waals surface area contributed by atoms with Crippen molar-refractivity contribution in [2.45, 2.75) is 32.8 Å². The Morgan fingerprint density at radius 1 is 1.44 bits per heavy atom. The molecule has 1 atom stereocenters. The van der Waals surface area contributed by atoms with Crippen molar-refractivity contribution >= 4 is 5.78 Å². The number of rotatable bonds is 5. The average molecular weight is 217 g/mol. The third-order valence-electron chi connectivity index (χ3n) is 2.32. The molecule has 1 unspecified atom stereocenters. The van der Waals surface area contributed by atoms with Gasteiger partial charge in [-0.2, -0.15) is 5.26 Å². The molecule has 0 radical (unpaired) electrons. The van der Waals surface area contributed by atoms with Crippen LogP contribution in [0.2, 0.25) is 0 Å². The maximum atomic E-state index is 11.3. The van der Waals surface area contributed by atoms with Crippen molar-refractivity contribution in [1.82, 2.24) is 0 Å². The van der Waals surface area contributed by atoms with Gasteiger partial charge in [0.25, 0.3) is 0 Å². The Hall–Kier alpha value is -1.82. The Morgan fingerprint density at radius 2 is 2.06 bits per heavy atom. The van der Waals surface area contributed by atoms with E-state index in [9.17, 15) is 4.79 Å². The van der Waals surface area contributed by atoms with Gasteiger partial charge < -0.3 is 4.74 Å². The molecule has 0 saturated heterocycles. The molecule has 0 aliphatic carbocycles. The molecule has 0 fully saturated rings. The summed E-state index contributed by atoms with van der Waals surface area (Å²) in [5.41, 5.74) is 0.948. The van der Waals surface area contributed by atoms with Gasteiger partial charge in [-0.15, -0.1) is 0 Å². The Kier molecular flexibility index (Phi) is 4.53. The summed E-state index contributed by atoms with van der Waals surface area (Å²) >= 11 is 0. The van der Waals surface area contributed by atoms with Crippen LogP contribution in [-0.2, 0) is 11.2 Å². The largest absolute Gasteiger partial charge is 0.483 e. The summed E-state index contributed by atoms with van der Waals surface area (Å²) in [5.74, 6) is 0.747. The fourth-order valence-corrected chi connectivity index (χ4v) is 1.33. The molecule has 84 valence electrons. The molecule has 1 rings (SSSR count). The van der Waals surface area contributed by atoms with Gasteiger partial charge in [-0.05, 0) is 24.6 Å². The van der Waals surface area contributed by atoms with Gasteiger partial charge in [-0.1, -0.05) is 19.1 Å². The number of ketones is 1. The molecule has 0 heterocycles. The van der Waals surface area contributed by atoms with E-state index in [0.717, 1.165) is 5.56 Å². The van der Waals surface area contributed by atoms with Gasteiger partial charge in [0.1, 0.15) is 5.75 Å². The van der Waals surface area contributed by atoms with Gasteiger partial charge in [0.05, 0.1) is 12.5 Å². The minimum Gasteiger partial charge on any atom is -0.483 e. The van der Waals surface area contributed by atoms with Gasteiger partial charge >= 0.3 is 0 Å². The van der Waals surface area contributed by atoms with Crippen LogP contribution in [0.15, 0.2) is 24.3 Å². The highest BCUT2D eigenvalue weighted by atomic mass is 16.5. The fraction of sp³-hybridized carbons (Fsp3) is 0.385. The quantitative estimate of drug-likeness (QED) is 0.761. The monoisotopic (exact) mass is 217 g/mol. The van der Waals surface area contributed by atoms with Crippen LogP contribution in [0.25, 0.3) is 0 Å². The number of carbonyl (C=O) groups is 1. The van der Waals surface area contributed by atoms with Gasteiger partial charge in [-0.25, -0.2) is 0 Å². The van der Waals surface area contributed by atoms with Crippen LogP contribution in [0.5, 0.6) is 5.75 Å². The van der Waals surface area contributed by atoms with E-state index >= 15 is 0 Å². The third kappa shape index (κ3) is 3.39. The number of benzene rings is 1. The summed E-state index contributed by atoms with van der Waals surface area (Å²) in [6.07, 6.45) is 0.462. The van der Waals surface area contributed by atoms with Gasteiger partial charge in [0.2, 0.25) is 0 Å². The van der Waals surface area contributed by atoms with Crippen LogP contribution in [0.1, 0.15) is 25.8 Å². The number of hydrogen-bond donors (Lipinski definition) is 0. The number of nitriles is 1. The average Bonchev–Trinajstić information content (AvgIpc) is 2.31. The molecule has 0 aromatic heterocycles. The molecule has 0 amide bonds. The second kappa shape index (κ2) is 5.92. The first-order chi connectivity index (χ1) is 7.67. The van der Waals surface area contributed by atoms with Crippen LogP contribution < -0.4 is 4.74 Å². The standard InChI is InChI=1S/C13H15NO2/c1-3-13(15)10(2)16-12-6-4-11(5-7-12)8-9-14/h4-7,10H,3,8H2,1-2H3. The van der Waals surface area contributed by atoms with E-state index in [1.165, 1.54) is 0 Å². The highest BCUT2D eigenvalue weighted by molar-refractivity contribution is 5.82. The lowest BCUT2D eigenvalue weighted by molar-refractivity contribution is -0.124. The van der Waals surface area contributed by atoms with Crippen LogP contribution in [0, 0.1) is 11.3 Å². The van der Waals surface area contributed by atoms with E-state index in [2.05, 4.69) is 6.07 Å². The summed E-state index contributed by atoms with van der Waals surface area (Å²) < 4.78 is 5.47. The molecule has 0 saturated carbocycles. The minimum atomic E-state index is -0.410. The van der Waals surface area contributed by atoms with Crippen molar-refractivity contribution in [3.05, 3.63) is 29.8 Å². The van der Waals surface area contributed by atoms with Crippen LogP contribution in [-0.4, -0.2) is 11.9 Å². The Balaban J connectivity index is 2.62. The second-order valence-electron chi connectivity index (χ2n) is 3.56. The summed E-state index contributed by atoms with van der Waals surface area (Å²) in [4.78, 5) is 11.3. The van der Waals surface area contributed by atoms with Crippen molar-refractivity contribution in [2.75, 3.05) is 0 Å². The van der Waals surface area contributed by atoms with Crippen molar-refractivity contribution < 1.29 is 9.53 Å². The zero-order valence-corrected chi connectivity index (χ0v) is 9.56. The van der Waals surface area contributed by atoms with Gasteiger partial charge in [0.15, 0.2) is 11.9 Å². The molecule has 0 spiro atoms.